The topological polar surface area (TPSA) is 34.2 Å². The summed E-state index contributed by atoms with van der Waals surface area (Å²) in [4.78, 5) is 3.43. The zero-order valence-electron chi connectivity index (χ0n) is 10.9. The Morgan fingerprint density at radius 1 is 1.21 bits per heavy atom. The molecular weight excluding hydrogens is 257 g/mol. The van der Waals surface area contributed by atoms with E-state index < -0.39 is 11.9 Å². The maximum absolute atomic E-state index is 12.4. The lowest BCUT2D eigenvalue weighted by Gasteiger charge is -2.33. The van der Waals surface area contributed by atoms with Crippen LogP contribution >= 0.6 is 0 Å². The molecule has 0 saturated carbocycles. The number of aromatic nitrogens is 1. The van der Waals surface area contributed by atoms with Crippen LogP contribution in [0.1, 0.15) is 32.4 Å². The largest absolute Gasteiger partial charge is 0.433 e. The van der Waals surface area contributed by atoms with E-state index >= 15 is 0 Å². The molecule has 1 aromatic rings. The third kappa shape index (κ3) is 3.83. The smallest absolute Gasteiger partial charge is 0.381 e. The maximum Gasteiger partial charge on any atom is 0.433 e. The molecule has 1 N–H and O–H groups in total. The van der Waals surface area contributed by atoms with E-state index in [0.717, 1.165) is 18.9 Å². The summed E-state index contributed by atoms with van der Waals surface area (Å²) in [5.74, 6) is 0. The fraction of sp³-hybridized carbons (Fsp3) is 0.615. The van der Waals surface area contributed by atoms with Gasteiger partial charge in [0.1, 0.15) is 5.69 Å². The van der Waals surface area contributed by atoms with Gasteiger partial charge in [-0.3, -0.25) is 0 Å². The second-order valence-electron chi connectivity index (χ2n) is 5.00. The SMILES string of the molecule is CC1CC(Nc2ccc(C(F)(F)F)nc2)CC(C)O1. The molecule has 0 amide bonds. The number of nitrogens with zero attached hydrogens (tertiary/aromatic N) is 1. The lowest BCUT2D eigenvalue weighted by molar-refractivity contribution is -0.141. The van der Waals surface area contributed by atoms with Crippen molar-refractivity contribution in [3.8, 4) is 0 Å². The summed E-state index contributed by atoms with van der Waals surface area (Å²) in [6.07, 6.45) is -1.17. The number of nitrogens with one attached hydrogen (secondary N) is 1. The van der Waals surface area contributed by atoms with Crippen molar-refractivity contribution in [3.63, 3.8) is 0 Å². The number of hydrogen-bond acceptors (Lipinski definition) is 3. The number of pyridine rings is 1. The van der Waals surface area contributed by atoms with Gasteiger partial charge in [-0.25, -0.2) is 4.98 Å². The molecule has 3 nitrogen and oxygen atoms in total. The Labute approximate surface area is 110 Å². The zero-order valence-corrected chi connectivity index (χ0v) is 10.9. The van der Waals surface area contributed by atoms with Crippen molar-refractivity contribution in [2.75, 3.05) is 5.32 Å². The van der Waals surface area contributed by atoms with Crippen LogP contribution in [-0.4, -0.2) is 23.2 Å². The minimum Gasteiger partial charge on any atom is -0.381 e. The van der Waals surface area contributed by atoms with E-state index in [-0.39, 0.29) is 18.2 Å². The molecule has 0 aliphatic carbocycles. The van der Waals surface area contributed by atoms with E-state index in [1.807, 2.05) is 13.8 Å². The fourth-order valence-electron chi connectivity index (χ4n) is 2.41. The molecule has 1 aromatic heterocycles. The van der Waals surface area contributed by atoms with E-state index in [2.05, 4.69) is 10.3 Å². The Bertz CT molecular complexity index is 409. The van der Waals surface area contributed by atoms with E-state index in [9.17, 15) is 13.2 Å². The van der Waals surface area contributed by atoms with E-state index in [1.165, 1.54) is 12.3 Å². The van der Waals surface area contributed by atoms with Crippen molar-refractivity contribution >= 4 is 5.69 Å². The number of alkyl halides is 3. The van der Waals surface area contributed by atoms with E-state index in [1.54, 1.807) is 0 Å². The average molecular weight is 274 g/mol. The Balaban J connectivity index is 1.99. The molecule has 106 valence electrons. The van der Waals surface area contributed by atoms with Crippen LogP contribution in [0.5, 0.6) is 0 Å². The van der Waals surface area contributed by atoms with Gasteiger partial charge in [0.2, 0.25) is 0 Å². The van der Waals surface area contributed by atoms with Gasteiger partial charge in [-0.05, 0) is 38.8 Å². The molecule has 0 spiro atoms. The summed E-state index contributed by atoms with van der Waals surface area (Å²) in [7, 11) is 0. The summed E-state index contributed by atoms with van der Waals surface area (Å²) >= 11 is 0. The molecule has 0 bridgehead atoms. The highest BCUT2D eigenvalue weighted by atomic mass is 19.4. The summed E-state index contributed by atoms with van der Waals surface area (Å²) < 4.78 is 42.8. The molecule has 0 radical (unpaired) electrons. The van der Waals surface area contributed by atoms with Crippen LogP contribution in [-0.2, 0) is 10.9 Å². The summed E-state index contributed by atoms with van der Waals surface area (Å²) in [5, 5.41) is 3.21. The maximum atomic E-state index is 12.4. The van der Waals surface area contributed by atoms with Crippen LogP contribution in [0.4, 0.5) is 18.9 Å². The van der Waals surface area contributed by atoms with Gasteiger partial charge in [-0.2, -0.15) is 13.2 Å². The van der Waals surface area contributed by atoms with Gasteiger partial charge in [0.05, 0.1) is 24.1 Å². The van der Waals surface area contributed by atoms with Crippen LogP contribution in [0, 0.1) is 0 Å². The molecule has 1 aliphatic rings. The van der Waals surface area contributed by atoms with Gasteiger partial charge < -0.3 is 10.1 Å². The van der Waals surface area contributed by atoms with Crippen LogP contribution < -0.4 is 5.32 Å². The Morgan fingerprint density at radius 2 is 1.84 bits per heavy atom. The molecule has 2 unspecified atom stereocenters. The highest BCUT2D eigenvalue weighted by Gasteiger charge is 2.32. The predicted octanol–water partition coefficient (Wildman–Crippen LogP) is 3.47. The number of ether oxygens (including phenoxy) is 1. The second-order valence-corrected chi connectivity index (χ2v) is 5.00. The van der Waals surface area contributed by atoms with Crippen molar-refractivity contribution in [2.24, 2.45) is 0 Å². The number of hydrogen-bond donors (Lipinski definition) is 1. The number of anilines is 1. The third-order valence-corrected chi connectivity index (χ3v) is 3.12. The second kappa shape index (κ2) is 5.36. The predicted molar refractivity (Wildman–Crippen MR) is 65.9 cm³/mol. The van der Waals surface area contributed by atoms with Gasteiger partial charge in [0, 0.05) is 6.04 Å². The van der Waals surface area contributed by atoms with Gasteiger partial charge >= 0.3 is 6.18 Å². The van der Waals surface area contributed by atoms with Gasteiger partial charge in [-0.15, -0.1) is 0 Å². The van der Waals surface area contributed by atoms with Crippen molar-refractivity contribution in [1.82, 2.24) is 4.98 Å². The van der Waals surface area contributed by atoms with Crippen LogP contribution in [0.2, 0.25) is 0 Å². The lowest BCUT2D eigenvalue weighted by atomic mass is 10.00. The highest BCUT2D eigenvalue weighted by molar-refractivity contribution is 5.42. The fourth-order valence-corrected chi connectivity index (χ4v) is 2.41. The van der Waals surface area contributed by atoms with E-state index in [4.69, 9.17) is 4.74 Å². The van der Waals surface area contributed by atoms with Crippen molar-refractivity contribution < 1.29 is 17.9 Å². The van der Waals surface area contributed by atoms with Gasteiger partial charge in [0.15, 0.2) is 0 Å². The van der Waals surface area contributed by atoms with Crippen LogP contribution in [0.3, 0.4) is 0 Å². The van der Waals surface area contributed by atoms with Gasteiger partial charge in [0.25, 0.3) is 0 Å². The number of rotatable bonds is 2. The molecule has 2 atom stereocenters. The summed E-state index contributed by atoms with van der Waals surface area (Å²) in [6, 6.07) is 2.62. The summed E-state index contributed by atoms with van der Waals surface area (Å²) in [6.45, 7) is 3.99. The Kier molecular flexibility index (Phi) is 3.99. The third-order valence-electron chi connectivity index (χ3n) is 3.12. The minimum absolute atomic E-state index is 0.156. The van der Waals surface area contributed by atoms with Crippen molar-refractivity contribution in [1.29, 1.82) is 0 Å². The van der Waals surface area contributed by atoms with E-state index in [0.29, 0.717) is 5.69 Å². The zero-order chi connectivity index (χ0) is 14.0. The summed E-state index contributed by atoms with van der Waals surface area (Å²) in [5.41, 5.74) is -0.258. The normalized spacial score (nSPS) is 28.2. The first kappa shape index (κ1) is 14.1. The first-order valence-electron chi connectivity index (χ1n) is 6.30. The molecule has 0 aromatic carbocycles. The van der Waals surface area contributed by atoms with Crippen LogP contribution in [0.15, 0.2) is 18.3 Å². The molecule has 19 heavy (non-hydrogen) atoms. The van der Waals surface area contributed by atoms with Gasteiger partial charge in [-0.1, -0.05) is 0 Å². The Morgan fingerprint density at radius 3 is 2.32 bits per heavy atom. The minimum atomic E-state index is -4.39. The number of halogens is 3. The molecule has 1 aliphatic heterocycles. The highest BCUT2D eigenvalue weighted by Crippen LogP contribution is 2.28. The average Bonchev–Trinajstić information content (AvgIpc) is 2.26. The molecule has 1 saturated heterocycles. The first-order valence-corrected chi connectivity index (χ1v) is 6.30. The molecule has 1 fully saturated rings. The quantitative estimate of drug-likeness (QED) is 0.896. The first-order chi connectivity index (χ1) is 8.84. The molecular formula is C13H17F3N2O. The molecule has 2 heterocycles. The molecule has 6 heteroatoms. The van der Waals surface area contributed by atoms with Crippen LogP contribution in [0.25, 0.3) is 0 Å². The Hall–Kier alpha value is -1.30. The molecule has 2 rings (SSSR count). The lowest BCUT2D eigenvalue weighted by Crippen LogP contribution is -2.36. The monoisotopic (exact) mass is 274 g/mol. The standard InChI is InChI=1S/C13H17F3N2O/c1-8-5-11(6-9(2)19-8)18-10-3-4-12(17-7-10)13(14,15)16/h3-4,7-9,11,18H,5-6H2,1-2H3. The van der Waals surface area contributed by atoms with Crippen molar-refractivity contribution in [3.05, 3.63) is 24.0 Å². The van der Waals surface area contributed by atoms with Crippen molar-refractivity contribution in [2.45, 2.75) is 51.1 Å².